The summed E-state index contributed by atoms with van der Waals surface area (Å²) in [6.07, 6.45) is 9.67. The zero-order valence-corrected chi connectivity index (χ0v) is 21.9. The largest absolute Gasteiger partial charge is 0.490 e. The van der Waals surface area contributed by atoms with Gasteiger partial charge in [-0.3, -0.25) is 9.98 Å². The molecule has 0 radical (unpaired) electrons. The highest BCUT2D eigenvalue weighted by molar-refractivity contribution is 6.00. The molecular weight excluding hydrogens is 472 g/mol. The summed E-state index contributed by atoms with van der Waals surface area (Å²) >= 11 is 0. The first-order valence-corrected chi connectivity index (χ1v) is 13.4. The van der Waals surface area contributed by atoms with Crippen LogP contribution < -0.4 is 9.47 Å². The molecule has 0 unspecified atom stereocenters. The van der Waals surface area contributed by atoms with Gasteiger partial charge in [-0.25, -0.2) is 4.98 Å². The predicted octanol–water partition coefficient (Wildman–Crippen LogP) is 6.98. The number of pyridine rings is 2. The normalized spacial score (nSPS) is 14.1. The van der Waals surface area contributed by atoms with Crippen LogP contribution in [0.2, 0.25) is 0 Å². The average molecular weight is 507 g/mol. The van der Waals surface area contributed by atoms with E-state index in [0.29, 0.717) is 31.3 Å². The SMILES string of the molecule is Cc1ccc(CN(Cc2ccncc2)C2=NCCCCCCOc3ccccc3Oc3ncccc32)cc1. The number of nitrogens with zero attached hydrogens (tertiary/aromatic N) is 4. The molecule has 5 rings (SSSR count). The number of benzene rings is 2. The number of aliphatic imine (C=N–C) groups is 1. The molecule has 0 saturated heterocycles. The molecule has 0 amide bonds. The van der Waals surface area contributed by atoms with Gasteiger partial charge in [0.1, 0.15) is 5.84 Å². The Hall–Kier alpha value is -4.19. The minimum Gasteiger partial charge on any atom is -0.490 e. The van der Waals surface area contributed by atoms with E-state index in [0.717, 1.165) is 49.4 Å². The van der Waals surface area contributed by atoms with Crippen molar-refractivity contribution >= 4 is 5.84 Å². The molecule has 0 atom stereocenters. The van der Waals surface area contributed by atoms with Crippen LogP contribution in [-0.4, -0.2) is 33.9 Å². The second kappa shape index (κ2) is 12.9. The minimum atomic E-state index is 0.517. The van der Waals surface area contributed by atoms with Gasteiger partial charge in [0.25, 0.3) is 0 Å². The third-order valence-electron chi connectivity index (χ3n) is 6.56. The molecule has 0 saturated carbocycles. The Morgan fingerprint density at radius 3 is 2.29 bits per heavy atom. The lowest BCUT2D eigenvalue weighted by molar-refractivity contribution is 0.290. The van der Waals surface area contributed by atoms with Crippen LogP contribution in [0.15, 0.2) is 96.4 Å². The molecule has 3 heterocycles. The first-order chi connectivity index (χ1) is 18.8. The molecule has 2 aromatic carbocycles. The number of amidine groups is 1. The lowest BCUT2D eigenvalue weighted by atomic mass is 10.1. The summed E-state index contributed by atoms with van der Waals surface area (Å²) in [6, 6.07) is 24.6. The molecule has 2 aromatic heterocycles. The van der Waals surface area contributed by atoms with E-state index in [1.165, 1.54) is 16.7 Å². The van der Waals surface area contributed by atoms with Gasteiger partial charge in [0.2, 0.25) is 5.88 Å². The fourth-order valence-electron chi connectivity index (χ4n) is 4.52. The van der Waals surface area contributed by atoms with Crippen LogP contribution in [0.4, 0.5) is 0 Å². The highest BCUT2D eigenvalue weighted by atomic mass is 16.5. The first kappa shape index (κ1) is 25.5. The van der Waals surface area contributed by atoms with Gasteiger partial charge < -0.3 is 14.4 Å². The van der Waals surface area contributed by atoms with E-state index in [1.54, 1.807) is 6.20 Å². The van der Waals surface area contributed by atoms with Crippen molar-refractivity contribution in [2.24, 2.45) is 4.99 Å². The summed E-state index contributed by atoms with van der Waals surface area (Å²) in [7, 11) is 0. The van der Waals surface area contributed by atoms with Crippen molar-refractivity contribution in [3.05, 3.63) is 114 Å². The number of para-hydroxylation sites is 2. The maximum Gasteiger partial charge on any atom is 0.230 e. The zero-order chi connectivity index (χ0) is 26.0. The lowest BCUT2D eigenvalue weighted by Gasteiger charge is -2.28. The maximum atomic E-state index is 6.43. The second-order valence-corrected chi connectivity index (χ2v) is 9.57. The summed E-state index contributed by atoms with van der Waals surface area (Å²) < 4.78 is 12.5. The number of aromatic nitrogens is 2. The molecule has 0 fully saturated rings. The van der Waals surface area contributed by atoms with Crippen molar-refractivity contribution in [3.8, 4) is 17.4 Å². The van der Waals surface area contributed by atoms with Gasteiger partial charge in [-0.2, -0.15) is 0 Å². The quantitative estimate of drug-likeness (QED) is 0.299. The Kier molecular flexibility index (Phi) is 8.62. The topological polar surface area (TPSA) is 59.8 Å². The van der Waals surface area contributed by atoms with Gasteiger partial charge in [-0.05, 0) is 73.7 Å². The van der Waals surface area contributed by atoms with Crippen molar-refractivity contribution in [3.63, 3.8) is 0 Å². The van der Waals surface area contributed by atoms with E-state index < -0.39 is 0 Å². The highest BCUT2D eigenvalue weighted by Gasteiger charge is 2.21. The molecule has 0 bridgehead atoms. The van der Waals surface area contributed by atoms with Crippen molar-refractivity contribution in [2.75, 3.05) is 13.2 Å². The third-order valence-corrected chi connectivity index (χ3v) is 6.56. The molecule has 0 aliphatic carbocycles. The third kappa shape index (κ3) is 6.76. The summed E-state index contributed by atoms with van der Waals surface area (Å²) in [5.74, 6) is 2.78. The highest BCUT2D eigenvalue weighted by Crippen LogP contribution is 2.33. The number of fused-ring (bicyclic) bond motifs is 2. The van der Waals surface area contributed by atoms with Gasteiger partial charge in [-0.15, -0.1) is 0 Å². The fraction of sp³-hybridized carbons (Fsp3) is 0.281. The van der Waals surface area contributed by atoms with E-state index in [9.17, 15) is 0 Å². The van der Waals surface area contributed by atoms with Gasteiger partial charge in [0.05, 0.1) is 12.2 Å². The Morgan fingerprint density at radius 2 is 1.47 bits per heavy atom. The van der Waals surface area contributed by atoms with Crippen LogP contribution in [-0.2, 0) is 13.1 Å². The Morgan fingerprint density at radius 1 is 0.737 bits per heavy atom. The van der Waals surface area contributed by atoms with Gasteiger partial charge in [0.15, 0.2) is 11.5 Å². The summed E-state index contributed by atoms with van der Waals surface area (Å²) in [5.41, 5.74) is 4.49. The van der Waals surface area contributed by atoms with Crippen molar-refractivity contribution in [1.29, 1.82) is 0 Å². The number of ether oxygens (including phenoxy) is 2. The van der Waals surface area contributed by atoms with Crippen LogP contribution in [0.25, 0.3) is 0 Å². The number of hydrogen-bond donors (Lipinski definition) is 0. The zero-order valence-electron chi connectivity index (χ0n) is 21.9. The van der Waals surface area contributed by atoms with Crippen LogP contribution in [0.1, 0.15) is 47.9 Å². The monoisotopic (exact) mass is 506 g/mol. The molecular formula is C32H34N4O2. The van der Waals surface area contributed by atoms with Gasteiger partial charge >= 0.3 is 0 Å². The lowest BCUT2D eigenvalue weighted by Crippen LogP contribution is -2.32. The fourth-order valence-corrected chi connectivity index (χ4v) is 4.52. The number of rotatable bonds is 4. The molecule has 194 valence electrons. The Bertz CT molecular complexity index is 1340. The molecule has 4 aromatic rings. The smallest absolute Gasteiger partial charge is 0.230 e. The van der Waals surface area contributed by atoms with Crippen LogP contribution in [0, 0.1) is 6.92 Å². The summed E-state index contributed by atoms with van der Waals surface area (Å²) in [4.78, 5) is 16.4. The van der Waals surface area contributed by atoms with Crippen LogP contribution in [0.3, 0.4) is 0 Å². The van der Waals surface area contributed by atoms with Crippen LogP contribution >= 0.6 is 0 Å². The van der Waals surface area contributed by atoms with E-state index in [2.05, 4.69) is 58.2 Å². The Balaban J connectivity index is 1.57. The maximum absolute atomic E-state index is 6.43. The second-order valence-electron chi connectivity index (χ2n) is 9.57. The van der Waals surface area contributed by atoms with E-state index >= 15 is 0 Å². The molecule has 6 nitrogen and oxygen atoms in total. The average Bonchev–Trinajstić information content (AvgIpc) is 2.95. The molecule has 6 heteroatoms. The van der Waals surface area contributed by atoms with E-state index in [4.69, 9.17) is 14.5 Å². The van der Waals surface area contributed by atoms with Crippen molar-refractivity contribution in [2.45, 2.75) is 45.7 Å². The molecule has 38 heavy (non-hydrogen) atoms. The van der Waals surface area contributed by atoms with Crippen LogP contribution in [0.5, 0.6) is 17.4 Å². The van der Waals surface area contributed by atoms with E-state index in [1.807, 2.05) is 48.8 Å². The standard InChI is InChI=1S/C32H34N4O2/c1-25-12-14-26(15-13-25)23-36(24-27-16-20-33-21-17-27)31-28-9-8-19-35-32(28)38-30-11-5-4-10-29(30)37-22-7-3-2-6-18-34-31/h4-5,8-17,19-21H,2-3,6-7,18,22-24H2,1H3. The minimum absolute atomic E-state index is 0.517. The molecule has 0 N–H and O–H groups in total. The Labute approximate surface area is 225 Å². The van der Waals surface area contributed by atoms with Gasteiger partial charge in [-0.1, -0.05) is 48.4 Å². The first-order valence-electron chi connectivity index (χ1n) is 13.4. The molecule has 0 spiro atoms. The predicted molar refractivity (Wildman–Crippen MR) is 151 cm³/mol. The number of aryl methyl sites for hydroxylation is 1. The molecule has 1 aliphatic heterocycles. The summed E-state index contributed by atoms with van der Waals surface area (Å²) in [6.45, 7) is 4.90. The summed E-state index contributed by atoms with van der Waals surface area (Å²) in [5, 5.41) is 0. The number of hydrogen-bond acceptors (Lipinski definition) is 6. The molecule has 1 aliphatic rings. The van der Waals surface area contributed by atoms with Crippen molar-refractivity contribution in [1.82, 2.24) is 14.9 Å². The van der Waals surface area contributed by atoms with E-state index in [-0.39, 0.29) is 0 Å². The van der Waals surface area contributed by atoms with Gasteiger partial charge in [0, 0.05) is 38.2 Å². The van der Waals surface area contributed by atoms with Crippen molar-refractivity contribution < 1.29 is 9.47 Å².